The van der Waals surface area contributed by atoms with Crippen LogP contribution in [0.1, 0.15) is 18.9 Å². The number of nitrogens with zero attached hydrogens (tertiary/aromatic N) is 6. The third kappa shape index (κ3) is 5.16. The van der Waals surface area contributed by atoms with Crippen molar-refractivity contribution in [2.75, 3.05) is 25.6 Å². The number of imidazole rings is 1. The summed E-state index contributed by atoms with van der Waals surface area (Å²) in [6.07, 6.45) is -4.57. The zero-order valence-electron chi connectivity index (χ0n) is 23.6. The van der Waals surface area contributed by atoms with Gasteiger partial charge in [0.1, 0.15) is 47.2 Å². The van der Waals surface area contributed by atoms with Crippen LogP contribution in [0.4, 0.5) is 10.2 Å². The highest BCUT2D eigenvalue weighted by Crippen LogP contribution is 2.58. The molecule has 4 aliphatic heterocycles. The molecule has 4 aromatic heterocycles. The van der Waals surface area contributed by atoms with Gasteiger partial charge in [-0.05, 0) is 11.8 Å². The summed E-state index contributed by atoms with van der Waals surface area (Å²) in [6.45, 7) is -5.60. The van der Waals surface area contributed by atoms with E-state index in [2.05, 4.69) is 24.9 Å². The SMILES string of the molecule is Nc1ncnc2c1ncn2[C@@H]1O[C@@]23CO[C@@H]1[C@@H]2OP(=O)(O)OCC[C@H]1O[C@@H](n2cc(F)c4c(=O)[nH]cnc42)[C@H](OP(O)(=S)OC3)[C@@H]1O. The van der Waals surface area contributed by atoms with E-state index >= 15 is 0 Å². The molecule has 0 saturated carbocycles. The molecule has 47 heavy (non-hydrogen) atoms. The van der Waals surface area contributed by atoms with Crippen molar-refractivity contribution in [1.29, 1.82) is 0 Å². The minimum absolute atomic E-state index is 0.109. The number of nitrogens with one attached hydrogen (secondary N) is 1. The monoisotopic (exact) mass is 718 g/mol. The number of phosphoric acid groups is 1. The molecule has 4 aromatic rings. The minimum Gasteiger partial charge on any atom is -0.387 e. The number of hydrogen-bond acceptors (Lipinski definition) is 16. The van der Waals surface area contributed by atoms with E-state index in [4.69, 9.17) is 49.8 Å². The van der Waals surface area contributed by atoms with Gasteiger partial charge in [0.2, 0.25) is 0 Å². The lowest BCUT2D eigenvalue weighted by Gasteiger charge is -2.33. The quantitative estimate of drug-likeness (QED) is 0.167. The number of H-pyrrole nitrogens is 1. The molecule has 8 heterocycles. The molecule has 4 bridgehead atoms. The molecule has 8 rings (SSSR count). The summed E-state index contributed by atoms with van der Waals surface area (Å²) in [7, 11) is -4.85. The normalized spacial score (nSPS) is 39.4. The first-order valence-electron chi connectivity index (χ1n) is 14.0. The molecule has 4 saturated heterocycles. The van der Waals surface area contributed by atoms with E-state index in [1.165, 1.54) is 17.2 Å². The highest BCUT2D eigenvalue weighted by atomic mass is 32.5. The van der Waals surface area contributed by atoms with Crippen molar-refractivity contribution >= 4 is 54.4 Å². The van der Waals surface area contributed by atoms with E-state index in [1.54, 1.807) is 0 Å². The lowest BCUT2D eigenvalue weighted by molar-refractivity contribution is -0.183. The molecule has 24 heteroatoms. The van der Waals surface area contributed by atoms with Gasteiger partial charge in [-0.2, -0.15) is 0 Å². The fourth-order valence-electron chi connectivity index (χ4n) is 6.30. The van der Waals surface area contributed by atoms with Crippen LogP contribution >= 0.6 is 14.5 Å². The number of anilines is 1. The molecule has 0 aliphatic carbocycles. The number of hydrogen-bond donors (Lipinski definition) is 5. The summed E-state index contributed by atoms with van der Waals surface area (Å²) in [5.74, 6) is -0.826. The second kappa shape index (κ2) is 11.1. The number of aliphatic hydroxyl groups is 1. The van der Waals surface area contributed by atoms with Gasteiger partial charge in [0.05, 0.1) is 38.6 Å². The largest absolute Gasteiger partial charge is 0.472 e. The molecule has 10 atom stereocenters. The van der Waals surface area contributed by atoms with Crippen LogP contribution in [0, 0.1) is 5.82 Å². The van der Waals surface area contributed by atoms with Crippen molar-refractivity contribution in [3.8, 4) is 0 Å². The average Bonchev–Trinajstić information content (AvgIpc) is 3.81. The van der Waals surface area contributed by atoms with Crippen molar-refractivity contribution in [3.63, 3.8) is 0 Å². The molecule has 0 amide bonds. The Morgan fingerprint density at radius 1 is 1.09 bits per heavy atom. The maximum absolute atomic E-state index is 14.9. The van der Waals surface area contributed by atoms with Crippen LogP contribution in [0.3, 0.4) is 0 Å². The van der Waals surface area contributed by atoms with E-state index in [1.807, 2.05) is 0 Å². The molecule has 2 unspecified atom stereocenters. The van der Waals surface area contributed by atoms with Gasteiger partial charge in [-0.25, -0.2) is 28.9 Å². The topological polar surface area (TPSA) is 263 Å². The van der Waals surface area contributed by atoms with Crippen LogP contribution < -0.4 is 11.3 Å². The smallest absolute Gasteiger partial charge is 0.387 e. The van der Waals surface area contributed by atoms with Gasteiger partial charge in [-0.15, -0.1) is 0 Å². The molecular formula is C23H25FN8O12P2S. The second-order valence-electron chi connectivity index (χ2n) is 11.2. The molecule has 0 spiro atoms. The Hall–Kier alpha value is -2.82. The average molecular weight is 719 g/mol. The number of aliphatic hydroxyl groups excluding tert-OH is 1. The summed E-state index contributed by atoms with van der Waals surface area (Å²) in [5.41, 5.74) is 3.92. The van der Waals surface area contributed by atoms with Crippen molar-refractivity contribution in [2.24, 2.45) is 0 Å². The number of rotatable bonds is 2. The first-order valence-corrected chi connectivity index (χ1v) is 18.1. The predicted molar refractivity (Wildman–Crippen MR) is 155 cm³/mol. The molecule has 20 nitrogen and oxygen atoms in total. The number of aromatic nitrogens is 7. The number of halogens is 1. The number of ether oxygens (including phenoxy) is 3. The summed E-state index contributed by atoms with van der Waals surface area (Å²) >= 11 is 5.32. The summed E-state index contributed by atoms with van der Waals surface area (Å²) in [5, 5.41) is 10.8. The Labute approximate surface area is 266 Å². The van der Waals surface area contributed by atoms with Gasteiger partial charge in [0.25, 0.3) is 5.56 Å². The summed E-state index contributed by atoms with van der Waals surface area (Å²) in [4.78, 5) is 53.0. The third-order valence-corrected chi connectivity index (χ3v) is 11.0. The number of phosphoric ester groups is 1. The highest BCUT2D eigenvalue weighted by Gasteiger charge is 2.66. The zero-order valence-corrected chi connectivity index (χ0v) is 26.2. The number of aromatic amines is 1. The molecule has 0 radical (unpaired) electrons. The van der Waals surface area contributed by atoms with Crippen LogP contribution in [0.25, 0.3) is 22.2 Å². The van der Waals surface area contributed by atoms with Crippen LogP contribution in [-0.4, -0.2) is 105 Å². The Bertz CT molecular complexity index is 2050. The predicted octanol–water partition coefficient (Wildman–Crippen LogP) is -0.265. The van der Waals surface area contributed by atoms with E-state index in [0.717, 1.165) is 17.1 Å². The van der Waals surface area contributed by atoms with E-state index in [9.17, 15) is 28.6 Å². The van der Waals surface area contributed by atoms with E-state index in [-0.39, 0.29) is 41.0 Å². The molecule has 6 N–H and O–H groups in total. The van der Waals surface area contributed by atoms with E-state index < -0.39 is 87.7 Å². The molecule has 4 fully saturated rings. The lowest BCUT2D eigenvalue weighted by Crippen LogP contribution is -2.46. The fourth-order valence-corrected chi connectivity index (χ4v) is 8.73. The third-order valence-electron chi connectivity index (χ3n) is 8.42. The lowest BCUT2D eigenvalue weighted by atomic mass is 10.0. The van der Waals surface area contributed by atoms with Gasteiger partial charge < -0.3 is 48.9 Å². The van der Waals surface area contributed by atoms with Gasteiger partial charge >= 0.3 is 14.5 Å². The molecule has 252 valence electrons. The highest BCUT2D eigenvalue weighted by molar-refractivity contribution is 8.07. The van der Waals surface area contributed by atoms with Gasteiger partial charge in [-0.3, -0.25) is 22.9 Å². The Kier molecular flexibility index (Phi) is 7.43. The van der Waals surface area contributed by atoms with Crippen molar-refractivity contribution in [3.05, 3.63) is 41.3 Å². The van der Waals surface area contributed by atoms with Crippen LogP contribution in [0.15, 0.2) is 30.0 Å². The summed E-state index contributed by atoms with van der Waals surface area (Å²) < 4.78 is 71.3. The van der Waals surface area contributed by atoms with Crippen LogP contribution in [0.5, 0.6) is 0 Å². The number of nitrogen functional groups attached to an aromatic ring is 1. The van der Waals surface area contributed by atoms with Crippen LogP contribution in [0.2, 0.25) is 0 Å². The Morgan fingerprint density at radius 3 is 2.74 bits per heavy atom. The number of nitrogens with two attached hydrogens (primary N) is 1. The number of fused-ring (bicyclic) bond motifs is 4. The maximum atomic E-state index is 14.9. The summed E-state index contributed by atoms with van der Waals surface area (Å²) in [6, 6.07) is 0. The first-order chi connectivity index (χ1) is 22.4. The van der Waals surface area contributed by atoms with Crippen LogP contribution in [-0.2, 0) is 48.7 Å². The minimum atomic E-state index is -4.85. The zero-order chi connectivity index (χ0) is 32.9. The molecular weight excluding hydrogens is 693 g/mol. The molecule has 4 aliphatic rings. The molecule has 0 aromatic carbocycles. The standard InChI is InChI=1S/C23H25FN8O12P2S/c24-9-3-31(18-11(9)20(34)29-7-27-18)21-14-13(33)10(41-21)1-2-39-45(35,36)44-16-15-22(32-8-30-12-17(25)26-6-28-19(12)32)42-23(16,4-38-15)5-40-46(37,47)43-14/h3,6-8,10,13-16,21-22,33H,1-2,4-5H2,(H,35,36)(H,37,47)(H2,25,26,28)(H,27,29,34)/t10-,13-,14-,15-,16+,21-,22-,23-,46?/m1/s1. The Morgan fingerprint density at radius 2 is 1.91 bits per heavy atom. The van der Waals surface area contributed by atoms with Gasteiger partial charge in [0, 0.05) is 12.6 Å². The van der Waals surface area contributed by atoms with Crippen molar-refractivity contribution < 1.29 is 56.2 Å². The second-order valence-corrected chi connectivity index (χ2v) is 15.4. The Balaban J connectivity index is 1.14. The van der Waals surface area contributed by atoms with E-state index in [0.29, 0.717) is 0 Å². The van der Waals surface area contributed by atoms with Crippen molar-refractivity contribution in [2.45, 2.75) is 55.0 Å². The van der Waals surface area contributed by atoms with Crippen molar-refractivity contribution in [1.82, 2.24) is 34.1 Å². The first kappa shape index (κ1) is 31.4. The van der Waals surface area contributed by atoms with Gasteiger partial charge in [0.15, 0.2) is 35.4 Å². The maximum Gasteiger partial charge on any atom is 0.472 e. The fraction of sp³-hybridized carbons (Fsp3) is 0.522. The van der Waals surface area contributed by atoms with Gasteiger partial charge in [-0.1, -0.05) is 0 Å².